The number of nitrogens with zero attached hydrogens (tertiary/aromatic N) is 4. The molecule has 0 amide bonds. The van der Waals surface area contributed by atoms with Gasteiger partial charge >= 0.3 is 0 Å². The minimum Gasteiger partial charge on any atom is -0.335 e. The Morgan fingerprint density at radius 1 is 1.38 bits per heavy atom. The van der Waals surface area contributed by atoms with Crippen LogP contribution in [-0.2, 0) is 25.0 Å². The summed E-state index contributed by atoms with van der Waals surface area (Å²) in [5.74, 6) is 1.93. The highest BCUT2D eigenvalue weighted by atomic mass is 15.3. The second-order valence-corrected chi connectivity index (χ2v) is 7.00. The third-order valence-corrected chi connectivity index (χ3v) is 4.12. The molecule has 0 aromatic carbocycles. The standard InChI is InChI=1S/C16H25N5/c1-16(2,3)21-12-14(10-19-21)9-17-8-13-4-5-15-18-6-7-20(15)11-13/h6-7,10,12-13,17H,4-5,8-9,11H2,1-3H3/t13-/m1/s1. The smallest absolute Gasteiger partial charge is 0.108 e. The van der Waals surface area contributed by atoms with Gasteiger partial charge in [-0.15, -0.1) is 0 Å². The van der Waals surface area contributed by atoms with Crippen molar-refractivity contribution >= 4 is 0 Å². The van der Waals surface area contributed by atoms with Crippen LogP contribution >= 0.6 is 0 Å². The van der Waals surface area contributed by atoms with Crippen molar-refractivity contribution in [3.05, 3.63) is 36.2 Å². The van der Waals surface area contributed by atoms with Crippen molar-refractivity contribution in [1.29, 1.82) is 0 Å². The molecule has 3 rings (SSSR count). The van der Waals surface area contributed by atoms with Crippen LogP contribution in [0, 0.1) is 5.92 Å². The Hall–Kier alpha value is -1.62. The van der Waals surface area contributed by atoms with E-state index in [1.54, 1.807) is 0 Å². The predicted molar refractivity (Wildman–Crippen MR) is 83.0 cm³/mol. The first kappa shape index (κ1) is 14.3. The molecule has 0 radical (unpaired) electrons. The number of hydrogen-bond donors (Lipinski definition) is 1. The van der Waals surface area contributed by atoms with E-state index in [-0.39, 0.29) is 5.54 Å². The molecule has 3 heterocycles. The molecule has 5 nitrogen and oxygen atoms in total. The zero-order valence-electron chi connectivity index (χ0n) is 13.2. The van der Waals surface area contributed by atoms with Crippen LogP contribution in [0.3, 0.4) is 0 Å². The highest BCUT2D eigenvalue weighted by Gasteiger charge is 2.18. The molecular formula is C16H25N5. The lowest BCUT2D eigenvalue weighted by molar-refractivity contribution is 0.346. The minimum absolute atomic E-state index is 0.0550. The van der Waals surface area contributed by atoms with Gasteiger partial charge in [0.05, 0.1) is 11.7 Å². The van der Waals surface area contributed by atoms with E-state index in [1.807, 2.05) is 17.1 Å². The van der Waals surface area contributed by atoms with E-state index >= 15 is 0 Å². The predicted octanol–water partition coefficient (Wildman–Crippen LogP) is 2.19. The molecular weight excluding hydrogens is 262 g/mol. The molecule has 1 aliphatic heterocycles. The summed E-state index contributed by atoms with van der Waals surface area (Å²) >= 11 is 0. The number of aryl methyl sites for hydroxylation is 1. The van der Waals surface area contributed by atoms with Gasteiger partial charge < -0.3 is 9.88 Å². The Kier molecular flexibility index (Phi) is 3.85. The molecule has 0 bridgehead atoms. The molecule has 0 aliphatic carbocycles. The van der Waals surface area contributed by atoms with Crippen LogP contribution in [0.5, 0.6) is 0 Å². The quantitative estimate of drug-likeness (QED) is 0.937. The monoisotopic (exact) mass is 287 g/mol. The van der Waals surface area contributed by atoms with Gasteiger partial charge in [-0.1, -0.05) is 0 Å². The first-order valence-corrected chi connectivity index (χ1v) is 7.77. The summed E-state index contributed by atoms with van der Waals surface area (Å²) in [4.78, 5) is 4.38. The van der Waals surface area contributed by atoms with Gasteiger partial charge in [-0.25, -0.2) is 4.98 Å². The molecule has 1 N–H and O–H groups in total. The fourth-order valence-corrected chi connectivity index (χ4v) is 2.84. The zero-order valence-corrected chi connectivity index (χ0v) is 13.2. The van der Waals surface area contributed by atoms with E-state index in [9.17, 15) is 0 Å². The first-order valence-electron chi connectivity index (χ1n) is 7.77. The lowest BCUT2D eigenvalue weighted by Crippen LogP contribution is -2.29. The van der Waals surface area contributed by atoms with Gasteiger partial charge in [0.25, 0.3) is 0 Å². The summed E-state index contributed by atoms with van der Waals surface area (Å²) in [7, 11) is 0. The molecule has 21 heavy (non-hydrogen) atoms. The Morgan fingerprint density at radius 2 is 2.24 bits per heavy atom. The van der Waals surface area contributed by atoms with Crippen LogP contribution in [0.2, 0.25) is 0 Å². The van der Waals surface area contributed by atoms with Crippen molar-refractivity contribution in [2.24, 2.45) is 5.92 Å². The van der Waals surface area contributed by atoms with E-state index in [0.29, 0.717) is 5.92 Å². The Balaban J connectivity index is 1.48. The van der Waals surface area contributed by atoms with Gasteiger partial charge in [-0.3, -0.25) is 4.68 Å². The number of fused-ring (bicyclic) bond motifs is 1. The molecule has 114 valence electrons. The summed E-state index contributed by atoms with van der Waals surface area (Å²) in [6, 6.07) is 0. The number of aromatic nitrogens is 4. The summed E-state index contributed by atoms with van der Waals surface area (Å²) < 4.78 is 4.32. The highest BCUT2D eigenvalue weighted by Crippen LogP contribution is 2.18. The molecule has 0 fully saturated rings. The molecule has 5 heteroatoms. The van der Waals surface area contributed by atoms with Gasteiger partial charge in [0.2, 0.25) is 0 Å². The number of imidazole rings is 1. The van der Waals surface area contributed by atoms with Crippen molar-refractivity contribution in [2.45, 2.75) is 52.2 Å². The Labute approximate surface area is 126 Å². The van der Waals surface area contributed by atoms with Crippen LogP contribution in [0.25, 0.3) is 0 Å². The van der Waals surface area contributed by atoms with E-state index in [1.165, 1.54) is 17.8 Å². The molecule has 0 spiro atoms. The van der Waals surface area contributed by atoms with E-state index < -0.39 is 0 Å². The van der Waals surface area contributed by atoms with Crippen molar-refractivity contribution < 1.29 is 0 Å². The average molecular weight is 287 g/mol. The molecule has 0 saturated carbocycles. The van der Waals surface area contributed by atoms with Crippen molar-refractivity contribution in [3.63, 3.8) is 0 Å². The zero-order chi connectivity index (χ0) is 14.9. The maximum atomic E-state index is 4.44. The molecule has 2 aromatic rings. The summed E-state index contributed by atoms with van der Waals surface area (Å²) in [5, 5.41) is 8.01. The summed E-state index contributed by atoms with van der Waals surface area (Å²) in [6.07, 6.45) is 10.4. The third-order valence-electron chi connectivity index (χ3n) is 4.12. The maximum absolute atomic E-state index is 4.44. The summed E-state index contributed by atoms with van der Waals surface area (Å²) in [6.45, 7) is 9.54. The first-order chi connectivity index (χ1) is 10.0. The van der Waals surface area contributed by atoms with Gasteiger partial charge in [0.1, 0.15) is 5.82 Å². The van der Waals surface area contributed by atoms with E-state index in [2.05, 4.69) is 53.1 Å². The van der Waals surface area contributed by atoms with Crippen molar-refractivity contribution in [1.82, 2.24) is 24.6 Å². The normalized spacial score (nSPS) is 18.7. The molecule has 0 unspecified atom stereocenters. The largest absolute Gasteiger partial charge is 0.335 e. The third kappa shape index (κ3) is 3.35. The molecule has 0 saturated heterocycles. The second-order valence-electron chi connectivity index (χ2n) is 7.00. The molecule has 1 atom stereocenters. The average Bonchev–Trinajstić information content (AvgIpc) is 3.05. The molecule has 1 aliphatic rings. The lowest BCUT2D eigenvalue weighted by atomic mass is 9.99. The lowest BCUT2D eigenvalue weighted by Gasteiger charge is -2.24. The second kappa shape index (κ2) is 5.64. The van der Waals surface area contributed by atoms with E-state index in [4.69, 9.17) is 0 Å². The van der Waals surface area contributed by atoms with Gasteiger partial charge in [0.15, 0.2) is 0 Å². The van der Waals surface area contributed by atoms with Crippen LogP contribution in [0.1, 0.15) is 38.6 Å². The maximum Gasteiger partial charge on any atom is 0.108 e. The van der Waals surface area contributed by atoms with Crippen LogP contribution in [0.15, 0.2) is 24.8 Å². The number of rotatable bonds is 4. The van der Waals surface area contributed by atoms with Crippen molar-refractivity contribution in [3.8, 4) is 0 Å². The fraction of sp³-hybridized carbons (Fsp3) is 0.625. The van der Waals surface area contributed by atoms with Gasteiger partial charge in [-0.2, -0.15) is 5.10 Å². The minimum atomic E-state index is 0.0550. The van der Waals surface area contributed by atoms with Crippen LogP contribution in [-0.4, -0.2) is 25.9 Å². The number of nitrogens with one attached hydrogen (secondary N) is 1. The van der Waals surface area contributed by atoms with Gasteiger partial charge in [0, 0.05) is 43.7 Å². The SMILES string of the molecule is CC(C)(C)n1cc(CNC[C@H]2CCc3nccn3C2)cn1. The fourth-order valence-electron chi connectivity index (χ4n) is 2.84. The Morgan fingerprint density at radius 3 is 3.00 bits per heavy atom. The van der Waals surface area contributed by atoms with Crippen LogP contribution < -0.4 is 5.32 Å². The Bertz CT molecular complexity index is 590. The highest BCUT2D eigenvalue weighted by molar-refractivity contribution is 5.05. The number of hydrogen-bond acceptors (Lipinski definition) is 3. The van der Waals surface area contributed by atoms with Crippen LogP contribution in [0.4, 0.5) is 0 Å². The van der Waals surface area contributed by atoms with Crippen molar-refractivity contribution in [2.75, 3.05) is 6.54 Å². The summed E-state index contributed by atoms with van der Waals surface area (Å²) in [5.41, 5.74) is 1.31. The topological polar surface area (TPSA) is 47.7 Å². The molecule has 2 aromatic heterocycles. The van der Waals surface area contributed by atoms with E-state index in [0.717, 1.165) is 26.1 Å². The van der Waals surface area contributed by atoms with Gasteiger partial charge in [-0.05, 0) is 39.7 Å².